The van der Waals surface area contributed by atoms with E-state index in [1.807, 2.05) is 25.7 Å². The van der Waals surface area contributed by atoms with Crippen molar-refractivity contribution in [3.8, 4) is 5.75 Å². The van der Waals surface area contributed by atoms with Gasteiger partial charge in [-0.2, -0.15) is 0 Å². The Morgan fingerprint density at radius 2 is 1.77 bits per heavy atom. The van der Waals surface area contributed by atoms with Crippen molar-refractivity contribution < 1.29 is 19.2 Å². The zero-order chi connectivity index (χ0) is 22.6. The van der Waals surface area contributed by atoms with Crippen molar-refractivity contribution in [3.05, 3.63) is 28.3 Å². The first-order valence-corrected chi connectivity index (χ1v) is 10.9. The van der Waals surface area contributed by atoms with Gasteiger partial charge in [0.25, 0.3) is 0 Å². The molecule has 0 bridgehead atoms. The molecule has 1 aromatic carbocycles. The molecule has 2 heterocycles. The predicted molar refractivity (Wildman–Crippen MR) is 119 cm³/mol. The number of piperidine rings is 1. The molecule has 3 rings (SSSR count). The largest absolute Gasteiger partial charge is 0.490 e. The van der Waals surface area contributed by atoms with E-state index >= 15 is 0 Å². The second-order valence-corrected chi connectivity index (χ2v) is 9.31. The molecule has 1 amide bonds. The SMILES string of the molecule is COc1cc(N2CCN(CC3CCN(C(=O)OC(C)(C)C)CC3)CC2)ccc1[N+](=O)[O-]. The summed E-state index contributed by atoms with van der Waals surface area (Å²) >= 11 is 0. The van der Waals surface area contributed by atoms with Crippen LogP contribution in [-0.4, -0.2) is 79.3 Å². The maximum atomic E-state index is 12.2. The van der Waals surface area contributed by atoms with E-state index in [2.05, 4.69) is 9.80 Å². The molecule has 2 saturated heterocycles. The number of rotatable bonds is 5. The molecule has 0 aliphatic carbocycles. The second-order valence-electron chi connectivity index (χ2n) is 9.31. The van der Waals surface area contributed by atoms with Crippen molar-refractivity contribution in [3.63, 3.8) is 0 Å². The molecule has 0 atom stereocenters. The molecule has 0 spiro atoms. The third kappa shape index (κ3) is 6.22. The molecular formula is C22H34N4O5. The summed E-state index contributed by atoms with van der Waals surface area (Å²) in [7, 11) is 1.46. The average molecular weight is 435 g/mol. The number of hydrogen-bond acceptors (Lipinski definition) is 7. The minimum absolute atomic E-state index is 0.0115. The van der Waals surface area contributed by atoms with Crippen molar-refractivity contribution in [2.75, 3.05) is 57.8 Å². The number of nitrogens with zero attached hydrogens (tertiary/aromatic N) is 4. The monoisotopic (exact) mass is 434 g/mol. The van der Waals surface area contributed by atoms with Crippen LogP contribution in [0.1, 0.15) is 33.6 Å². The third-order valence-electron chi connectivity index (χ3n) is 5.88. The number of nitro groups is 1. The van der Waals surface area contributed by atoms with Crippen LogP contribution in [-0.2, 0) is 4.74 Å². The number of hydrogen-bond donors (Lipinski definition) is 0. The number of ether oxygens (including phenoxy) is 2. The quantitative estimate of drug-likeness (QED) is 0.518. The summed E-state index contributed by atoms with van der Waals surface area (Å²) in [6, 6.07) is 5.06. The molecule has 9 nitrogen and oxygen atoms in total. The minimum Gasteiger partial charge on any atom is -0.490 e. The Labute approximate surface area is 184 Å². The first-order valence-electron chi connectivity index (χ1n) is 10.9. The van der Waals surface area contributed by atoms with Crippen LogP contribution in [0.3, 0.4) is 0 Å². The van der Waals surface area contributed by atoms with Gasteiger partial charge in [0.1, 0.15) is 5.60 Å². The van der Waals surface area contributed by atoms with Gasteiger partial charge in [0, 0.05) is 63.6 Å². The van der Waals surface area contributed by atoms with E-state index in [9.17, 15) is 14.9 Å². The summed E-state index contributed by atoms with van der Waals surface area (Å²) in [5, 5.41) is 11.1. The van der Waals surface area contributed by atoms with Crippen LogP contribution in [0.4, 0.5) is 16.2 Å². The number of nitro benzene ring substituents is 1. The molecule has 2 fully saturated rings. The standard InChI is InChI=1S/C22H34N4O5/c1-22(2,3)31-21(27)25-9-7-17(8-10-25)16-23-11-13-24(14-12-23)18-5-6-19(26(28)29)20(15-18)30-4/h5-6,15,17H,7-14,16H2,1-4H3. The molecule has 1 aromatic rings. The molecule has 31 heavy (non-hydrogen) atoms. The Bertz CT molecular complexity index is 779. The Morgan fingerprint density at radius 1 is 1.13 bits per heavy atom. The van der Waals surface area contributed by atoms with E-state index in [0.717, 1.165) is 64.3 Å². The lowest BCUT2D eigenvalue weighted by Crippen LogP contribution is -2.49. The molecule has 0 unspecified atom stereocenters. The highest BCUT2D eigenvalue weighted by Gasteiger charge is 2.29. The van der Waals surface area contributed by atoms with Gasteiger partial charge in [0.05, 0.1) is 12.0 Å². The Balaban J connectivity index is 1.45. The number of benzene rings is 1. The highest BCUT2D eigenvalue weighted by Crippen LogP contribution is 2.32. The molecule has 0 radical (unpaired) electrons. The lowest BCUT2D eigenvalue weighted by atomic mass is 9.96. The van der Waals surface area contributed by atoms with Gasteiger partial charge in [-0.15, -0.1) is 0 Å². The first kappa shape index (κ1) is 23.1. The summed E-state index contributed by atoms with van der Waals surface area (Å²) < 4.78 is 10.7. The number of methoxy groups -OCH3 is 1. The number of amides is 1. The van der Waals surface area contributed by atoms with Gasteiger partial charge < -0.3 is 19.3 Å². The number of likely N-dealkylation sites (tertiary alicyclic amines) is 1. The fourth-order valence-corrected chi connectivity index (χ4v) is 4.19. The average Bonchev–Trinajstić information content (AvgIpc) is 2.73. The fraction of sp³-hybridized carbons (Fsp3) is 0.682. The van der Waals surface area contributed by atoms with Crippen molar-refractivity contribution in [1.29, 1.82) is 0 Å². The number of carbonyl (C=O) groups excluding carboxylic acids is 1. The van der Waals surface area contributed by atoms with Crippen molar-refractivity contribution in [2.45, 2.75) is 39.2 Å². The van der Waals surface area contributed by atoms with Crippen LogP contribution >= 0.6 is 0 Å². The Kier molecular flexibility index (Phi) is 7.25. The Hall–Kier alpha value is -2.55. The lowest BCUT2D eigenvalue weighted by molar-refractivity contribution is -0.385. The topological polar surface area (TPSA) is 88.4 Å². The number of carbonyl (C=O) groups is 1. The Morgan fingerprint density at radius 3 is 2.32 bits per heavy atom. The molecule has 0 saturated carbocycles. The van der Waals surface area contributed by atoms with Crippen LogP contribution in [0, 0.1) is 16.0 Å². The van der Waals surface area contributed by atoms with E-state index in [-0.39, 0.29) is 11.8 Å². The van der Waals surface area contributed by atoms with Crippen LogP contribution < -0.4 is 9.64 Å². The molecule has 2 aliphatic rings. The van der Waals surface area contributed by atoms with Gasteiger partial charge in [-0.1, -0.05) is 0 Å². The summed E-state index contributed by atoms with van der Waals surface area (Å²) in [5.74, 6) is 0.881. The smallest absolute Gasteiger partial charge is 0.410 e. The summed E-state index contributed by atoms with van der Waals surface area (Å²) in [6.45, 7) is 11.9. The lowest BCUT2D eigenvalue weighted by Gasteiger charge is -2.39. The van der Waals surface area contributed by atoms with Crippen LogP contribution in [0.15, 0.2) is 18.2 Å². The number of piperazine rings is 1. The van der Waals surface area contributed by atoms with Crippen LogP contribution in [0.2, 0.25) is 0 Å². The predicted octanol–water partition coefficient (Wildman–Crippen LogP) is 3.37. The van der Waals surface area contributed by atoms with E-state index in [4.69, 9.17) is 9.47 Å². The van der Waals surface area contributed by atoms with Crippen LogP contribution in [0.25, 0.3) is 0 Å². The third-order valence-corrected chi connectivity index (χ3v) is 5.88. The minimum atomic E-state index is -0.457. The van der Waals surface area contributed by atoms with Crippen molar-refractivity contribution in [2.24, 2.45) is 5.92 Å². The van der Waals surface area contributed by atoms with Crippen molar-refractivity contribution in [1.82, 2.24) is 9.80 Å². The maximum absolute atomic E-state index is 12.2. The van der Waals surface area contributed by atoms with Crippen molar-refractivity contribution >= 4 is 17.5 Å². The normalized spacial score (nSPS) is 18.7. The molecule has 172 valence electrons. The summed E-state index contributed by atoms with van der Waals surface area (Å²) in [6.07, 6.45) is 1.79. The van der Waals surface area contributed by atoms with Gasteiger partial charge in [0.2, 0.25) is 0 Å². The zero-order valence-corrected chi connectivity index (χ0v) is 19.0. The molecule has 0 N–H and O–H groups in total. The maximum Gasteiger partial charge on any atom is 0.410 e. The van der Waals surface area contributed by atoms with Gasteiger partial charge >= 0.3 is 11.8 Å². The van der Waals surface area contributed by atoms with E-state index in [1.165, 1.54) is 13.2 Å². The summed E-state index contributed by atoms with van der Waals surface area (Å²) in [5.41, 5.74) is 0.483. The number of anilines is 1. The van der Waals surface area contributed by atoms with Crippen LogP contribution in [0.5, 0.6) is 5.75 Å². The first-order chi connectivity index (χ1) is 14.7. The highest BCUT2D eigenvalue weighted by molar-refractivity contribution is 5.68. The molecule has 0 aromatic heterocycles. The van der Waals surface area contributed by atoms with Gasteiger partial charge in [-0.05, 0) is 45.6 Å². The fourth-order valence-electron chi connectivity index (χ4n) is 4.19. The van der Waals surface area contributed by atoms with E-state index in [0.29, 0.717) is 11.7 Å². The molecular weight excluding hydrogens is 400 g/mol. The molecule has 9 heteroatoms. The zero-order valence-electron chi connectivity index (χ0n) is 19.0. The highest BCUT2D eigenvalue weighted by atomic mass is 16.6. The summed E-state index contributed by atoms with van der Waals surface area (Å²) in [4.78, 5) is 29.4. The van der Waals surface area contributed by atoms with Gasteiger partial charge in [-0.25, -0.2) is 4.79 Å². The molecule has 2 aliphatic heterocycles. The van der Waals surface area contributed by atoms with Gasteiger partial charge in [-0.3, -0.25) is 15.0 Å². The van der Waals surface area contributed by atoms with Gasteiger partial charge in [0.15, 0.2) is 5.75 Å². The van der Waals surface area contributed by atoms with E-state index in [1.54, 1.807) is 12.1 Å². The second kappa shape index (κ2) is 9.72. The van der Waals surface area contributed by atoms with E-state index < -0.39 is 10.5 Å².